The van der Waals surface area contributed by atoms with Crippen LogP contribution in [-0.4, -0.2) is 30.9 Å². The molecule has 0 heterocycles. The summed E-state index contributed by atoms with van der Waals surface area (Å²) in [5, 5.41) is 0. The Labute approximate surface area is 99.2 Å². The topological polar surface area (TPSA) is 46.3 Å². The number of hydrogen-bond donors (Lipinski definition) is 1. The van der Waals surface area contributed by atoms with Gasteiger partial charge < -0.3 is 10.6 Å². The van der Waals surface area contributed by atoms with Crippen molar-refractivity contribution in [1.29, 1.82) is 0 Å². The maximum Gasteiger partial charge on any atom is 0.223 e. The Balaban J connectivity index is 2.55. The van der Waals surface area contributed by atoms with E-state index >= 15 is 0 Å². The van der Waals surface area contributed by atoms with Gasteiger partial charge in [-0.2, -0.15) is 0 Å². The van der Waals surface area contributed by atoms with Crippen LogP contribution in [0.1, 0.15) is 12.0 Å². The van der Waals surface area contributed by atoms with Gasteiger partial charge in [-0.05, 0) is 30.2 Å². The van der Waals surface area contributed by atoms with Crippen molar-refractivity contribution >= 4 is 5.91 Å². The zero-order valence-electron chi connectivity index (χ0n) is 9.75. The summed E-state index contributed by atoms with van der Waals surface area (Å²) in [7, 11) is 1.62. The van der Waals surface area contributed by atoms with Crippen molar-refractivity contribution in [2.24, 2.45) is 5.73 Å². The van der Waals surface area contributed by atoms with Crippen molar-refractivity contribution in [3.05, 3.63) is 35.4 Å². The number of benzene rings is 1. The first-order valence-electron chi connectivity index (χ1n) is 5.42. The molecule has 2 N–H and O–H groups in total. The normalized spacial score (nSPS) is 10.4. The lowest BCUT2D eigenvalue weighted by atomic mass is 10.1. The second-order valence-electron chi connectivity index (χ2n) is 3.84. The van der Waals surface area contributed by atoms with Crippen LogP contribution in [0.2, 0.25) is 0 Å². The number of nitrogens with two attached hydrogens (primary N) is 1. The highest BCUT2D eigenvalue weighted by Crippen LogP contribution is 2.10. The Hall–Kier alpha value is -1.49. The van der Waals surface area contributed by atoms with Crippen molar-refractivity contribution in [2.75, 3.05) is 20.1 Å². The van der Waals surface area contributed by atoms with E-state index in [1.54, 1.807) is 7.05 Å². The van der Waals surface area contributed by atoms with E-state index in [0.717, 1.165) is 18.2 Å². The molecule has 5 heteroatoms. The molecule has 3 nitrogen and oxygen atoms in total. The number of rotatable bonds is 5. The summed E-state index contributed by atoms with van der Waals surface area (Å²) in [5.74, 6) is -1.02. The summed E-state index contributed by atoms with van der Waals surface area (Å²) in [6, 6.07) is 3.31. The molecule has 0 bridgehead atoms. The van der Waals surface area contributed by atoms with Gasteiger partial charge in [-0.3, -0.25) is 4.79 Å². The van der Waals surface area contributed by atoms with E-state index in [2.05, 4.69) is 0 Å². The summed E-state index contributed by atoms with van der Waals surface area (Å²) < 4.78 is 26.2. The first-order valence-corrected chi connectivity index (χ1v) is 5.42. The maximum absolute atomic E-state index is 13.3. The first kappa shape index (κ1) is 13.6. The summed E-state index contributed by atoms with van der Waals surface area (Å²) in [6.45, 7) is 0.636. The van der Waals surface area contributed by atoms with Crippen LogP contribution in [0.3, 0.4) is 0 Å². The van der Waals surface area contributed by atoms with Gasteiger partial charge in [0.25, 0.3) is 0 Å². The average Bonchev–Trinajstić information content (AvgIpc) is 2.30. The Kier molecular flexibility index (Phi) is 5.03. The number of halogens is 2. The molecule has 17 heavy (non-hydrogen) atoms. The van der Waals surface area contributed by atoms with E-state index in [4.69, 9.17) is 5.73 Å². The van der Waals surface area contributed by atoms with Gasteiger partial charge in [-0.1, -0.05) is 0 Å². The molecule has 1 aromatic carbocycles. The second kappa shape index (κ2) is 6.30. The van der Waals surface area contributed by atoms with E-state index in [9.17, 15) is 13.6 Å². The quantitative estimate of drug-likeness (QED) is 0.846. The Morgan fingerprint density at radius 1 is 1.41 bits per heavy atom. The Morgan fingerprint density at radius 2 is 2.12 bits per heavy atom. The molecule has 1 aromatic rings. The lowest BCUT2D eigenvalue weighted by Crippen LogP contribution is -2.30. The van der Waals surface area contributed by atoms with Crippen molar-refractivity contribution in [3.63, 3.8) is 0 Å². The van der Waals surface area contributed by atoms with E-state index in [1.165, 1.54) is 4.90 Å². The first-order chi connectivity index (χ1) is 8.04. The Morgan fingerprint density at radius 3 is 2.76 bits per heavy atom. The molecule has 0 saturated carbocycles. The number of carbonyl (C=O) groups is 1. The molecule has 0 atom stereocenters. The van der Waals surface area contributed by atoms with Gasteiger partial charge in [-0.25, -0.2) is 8.78 Å². The molecule has 0 aliphatic carbocycles. The minimum absolute atomic E-state index is 0.0932. The standard InChI is InChI=1S/C12H16F2N2O/c1-16(12(17)4-6-15)7-5-9-8-10(13)2-3-11(9)14/h2-3,8H,4-7,15H2,1H3. The number of likely N-dealkylation sites (N-methyl/N-ethyl adjacent to an activating group) is 1. The fourth-order valence-electron chi connectivity index (χ4n) is 1.46. The molecule has 0 saturated heterocycles. The molecule has 94 valence electrons. The van der Waals surface area contributed by atoms with Gasteiger partial charge in [-0.15, -0.1) is 0 Å². The molecule has 0 aliphatic rings. The third kappa shape index (κ3) is 4.11. The fraction of sp³-hybridized carbons (Fsp3) is 0.417. The van der Waals surface area contributed by atoms with Crippen LogP contribution in [-0.2, 0) is 11.2 Å². The molecule has 0 unspecified atom stereocenters. The molecule has 1 amide bonds. The average molecular weight is 242 g/mol. The van der Waals surface area contributed by atoms with Crippen LogP contribution >= 0.6 is 0 Å². The van der Waals surface area contributed by atoms with Gasteiger partial charge >= 0.3 is 0 Å². The molecular formula is C12H16F2N2O. The third-order valence-electron chi connectivity index (χ3n) is 2.51. The minimum atomic E-state index is -0.475. The number of carbonyl (C=O) groups excluding carboxylic acids is 1. The number of amides is 1. The highest BCUT2D eigenvalue weighted by atomic mass is 19.1. The van der Waals surface area contributed by atoms with E-state index < -0.39 is 11.6 Å². The third-order valence-corrected chi connectivity index (χ3v) is 2.51. The summed E-state index contributed by atoms with van der Waals surface area (Å²) in [4.78, 5) is 12.9. The Bertz CT molecular complexity index is 396. The minimum Gasteiger partial charge on any atom is -0.345 e. The zero-order chi connectivity index (χ0) is 12.8. The SMILES string of the molecule is CN(CCc1cc(F)ccc1F)C(=O)CCN. The van der Waals surface area contributed by atoms with Gasteiger partial charge in [0, 0.05) is 26.6 Å². The van der Waals surface area contributed by atoms with Crippen molar-refractivity contribution in [2.45, 2.75) is 12.8 Å². The molecule has 0 radical (unpaired) electrons. The maximum atomic E-state index is 13.3. The van der Waals surface area contributed by atoms with Gasteiger partial charge in [0.15, 0.2) is 0 Å². The monoisotopic (exact) mass is 242 g/mol. The predicted molar refractivity (Wildman–Crippen MR) is 61.4 cm³/mol. The molecule has 0 spiro atoms. The lowest BCUT2D eigenvalue weighted by Gasteiger charge is -2.16. The summed E-state index contributed by atoms with van der Waals surface area (Å²) >= 11 is 0. The van der Waals surface area contributed by atoms with Crippen LogP contribution in [0.5, 0.6) is 0 Å². The molecule has 1 rings (SSSR count). The van der Waals surface area contributed by atoms with Crippen molar-refractivity contribution < 1.29 is 13.6 Å². The second-order valence-corrected chi connectivity index (χ2v) is 3.84. The van der Waals surface area contributed by atoms with E-state index in [-0.39, 0.29) is 30.9 Å². The van der Waals surface area contributed by atoms with E-state index in [1.807, 2.05) is 0 Å². The lowest BCUT2D eigenvalue weighted by molar-refractivity contribution is -0.129. The molecule has 0 aromatic heterocycles. The number of hydrogen-bond acceptors (Lipinski definition) is 2. The fourth-order valence-corrected chi connectivity index (χ4v) is 1.46. The molecular weight excluding hydrogens is 226 g/mol. The van der Waals surface area contributed by atoms with Gasteiger partial charge in [0.05, 0.1) is 0 Å². The van der Waals surface area contributed by atoms with E-state index in [0.29, 0.717) is 6.54 Å². The highest BCUT2D eigenvalue weighted by molar-refractivity contribution is 5.76. The highest BCUT2D eigenvalue weighted by Gasteiger charge is 2.09. The summed E-state index contributed by atoms with van der Waals surface area (Å²) in [6.07, 6.45) is 0.554. The van der Waals surface area contributed by atoms with Crippen LogP contribution in [0.25, 0.3) is 0 Å². The molecule has 0 aliphatic heterocycles. The molecule has 0 fully saturated rings. The zero-order valence-corrected chi connectivity index (χ0v) is 9.75. The van der Waals surface area contributed by atoms with Gasteiger partial charge in [0.2, 0.25) is 5.91 Å². The van der Waals surface area contributed by atoms with Crippen LogP contribution in [0.15, 0.2) is 18.2 Å². The van der Waals surface area contributed by atoms with Gasteiger partial charge in [0.1, 0.15) is 11.6 Å². The van der Waals surface area contributed by atoms with Crippen molar-refractivity contribution in [1.82, 2.24) is 4.90 Å². The smallest absolute Gasteiger partial charge is 0.223 e. The van der Waals surface area contributed by atoms with Crippen LogP contribution < -0.4 is 5.73 Å². The van der Waals surface area contributed by atoms with Crippen LogP contribution in [0.4, 0.5) is 8.78 Å². The van der Waals surface area contributed by atoms with Crippen molar-refractivity contribution in [3.8, 4) is 0 Å². The largest absolute Gasteiger partial charge is 0.345 e. The summed E-state index contributed by atoms with van der Waals surface area (Å²) in [5.41, 5.74) is 5.54. The predicted octanol–water partition coefficient (Wildman–Crippen LogP) is 1.31. The number of nitrogens with zero attached hydrogens (tertiary/aromatic N) is 1. The van der Waals surface area contributed by atoms with Crippen LogP contribution in [0, 0.1) is 11.6 Å².